The molecule has 4 heterocycles. The summed E-state index contributed by atoms with van der Waals surface area (Å²) in [5, 5.41) is 11.1. The van der Waals surface area contributed by atoms with Crippen molar-refractivity contribution in [3.05, 3.63) is 34.7 Å². The van der Waals surface area contributed by atoms with Crippen LogP contribution in [-0.2, 0) is 11.3 Å². The van der Waals surface area contributed by atoms with Gasteiger partial charge in [-0.15, -0.1) is 0 Å². The zero-order chi connectivity index (χ0) is 16.7. The number of ether oxygens (including phenoxy) is 1. The molecule has 0 bridgehead atoms. The highest BCUT2D eigenvalue weighted by Crippen LogP contribution is 2.39. The summed E-state index contributed by atoms with van der Waals surface area (Å²) in [5.74, 6) is 0.914. The standard InChI is InChI=1S/C16H18N6OS/c1-8(2)11-4-5-17-15(19-11)21-16-20-14-10-6-18-22-13(10)9(3)23-7-12(14)24-16/h4-6,8-9H,7H2,1-3H3,(H,18,22)(H,17,19,20,21). The summed E-state index contributed by atoms with van der Waals surface area (Å²) < 4.78 is 5.87. The smallest absolute Gasteiger partial charge is 0.229 e. The van der Waals surface area contributed by atoms with E-state index in [1.54, 1.807) is 23.7 Å². The second-order valence-corrected chi connectivity index (χ2v) is 7.11. The van der Waals surface area contributed by atoms with E-state index in [1.807, 2.05) is 13.0 Å². The van der Waals surface area contributed by atoms with Crippen molar-refractivity contribution in [2.75, 3.05) is 5.32 Å². The summed E-state index contributed by atoms with van der Waals surface area (Å²) >= 11 is 1.56. The molecule has 1 aliphatic heterocycles. The number of rotatable bonds is 3. The minimum atomic E-state index is -0.0219. The van der Waals surface area contributed by atoms with Gasteiger partial charge in [0.15, 0.2) is 5.13 Å². The van der Waals surface area contributed by atoms with E-state index >= 15 is 0 Å². The number of nitrogens with one attached hydrogen (secondary N) is 2. The Bertz CT molecular complexity index is 871. The highest BCUT2D eigenvalue weighted by Gasteiger charge is 2.25. The van der Waals surface area contributed by atoms with Crippen LogP contribution in [0.4, 0.5) is 11.1 Å². The lowest BCUT2D eigenvalue weighted by molar-refractivity contribution is 0.0537. The highest BCUT2D eigenvalue weighted by atomic mass is 32.1. The molecular weight excluding hydrogens is 324 g/mol. The third-order valence-corrected chi connectivity index (χ3v) is 4.92. The second kappa shape index (κ2) is 5.95. The lowest BCUT2D eigenvalue weighted by Gasteiger charge is -2.08. The molecule has 0 spiro atoms. The van der Waals surface area contributed by atoms with E-state index in [2.05, 4.69) is 39.3 Å². The van der Waals surface area contributed by atoms with Crippen LogP contribution in [0.3, 0.4) is 0 Å². The summed E-state index contributed by atoms with van der Waals surface area (Å²) in [5.41, 5.74) is 3.87. The van der Waals surface area contributed by atoms with Crippen LogP contribution in [0.1, 0.15) is 49.1 Å². The quantitative estimate of drug-likeness (QED) is 0.753. The predicted molar refractivity (Wildman–Crippen MR) is 92.3 cm³/mol. The van der Waals surface area contributed by atoms with Gasteiger partial charge < -0.3 is 10.1 Å². The van der Waals surface area contributed by atoms with Gasteiger partial charge in [-0.25, -0.2) is 15.0 Å². The molecule has 3 aromatic rings. The zero-order valence-corrected chi connectivity index (χ0v) is 14.5. The fourth-order valence-electron chi connectivity index (χ4n) is 2.64. The monoisotopic (exact) mass is 342 g/mol. The number of anilines is 2. The van der Waals surface area contributed by atoms with Crippen LogP contribution in [0.5, 0.6) is 0 Å². The Labute approximate surface area is 143 Å². The number of H-pyrrole nitrogens is 1. The van der Waals surface area contributed by atoms with Crippen LogP contribution in [0.15, 0.2) is 18.5 Å². The molecule has 0 amide bonds. The molecule has 1 aliphatic rings. The Balaban J connectivity index is 1.67. The van der Waals surface area contributed by atoms with Crippen molar-refractivity contribution in [1.82, 2.24) is 25.1 Å². The van der Waals surface area contributed by atoms with E-state index in [0.29, 0.717) is 18.5 Å². The predicted octanol–water partition coefficient (Wildman–Crippen LogP) is 3.78. The molecule has 0 saturated carbocycles. The third-order valence-electron chi connectivity index (χ3n) is 3.98. The third kappa shape index (κ3) is 2.67. The van der Waals surface area contributed by atoms with Gasteiger partial charge >= 0.3 is 0 Å². The van der Waals surface area contributed by atoms with E-state index in [4.69, 9.17) is 9.72 Å². The van der Waals surface area contributed by atoms with Crippen molar-refractivity contribution in [2.24, 2.45) is 0 Å². The number of aromatic nitrogens is 5. The first kappa shape index (κ1) is 15.2. The fraction of sp³-hybridized carbons (Fsp3) is 0.375. The number of fused-ring (bicyclic) bond motifs is 3. The van der Waals surface area contributed by atoms with Gasteiger partial charge in [0.1, 0.15) is 0 Å². The summed E-state index contributed by atoms with van der Waals surface area (Å²) in [4.78, 5) is 14.6. The number of hydrogen-bond acceptors (Lipinski definition) is 7. The lowest BCUT2D eigenvalue weighted by Crippen LogP contribution is -2.01. The number of hydrogen-bond donors (Lipinski definition) is 2. The molecule has 3 aromatic heterocycles. The van der Waals surface area contributed by atoms with Crippen molar-refractivity contribution in [3.8, 4) is 11.3 Å². The number of aromatic amines is 1. The van der Waals surface area contributed by atoms with Gasteiger partial charge in [0.25, 0.3) is 0 Å². The largest absolute Gasteiger partial charge is 0.367 e. The summed E-state index contributed by atoms with van der Waals surface area (Å²) in [6, 6.07) is 1.93. The fourth-order valence-corrected chi connectivity index (χ4v) is 3.53. The lowest BCUT2D eigenvalue weighted by atomic mass is 10.1. The molecule has 24 heavy (non-hydrogen) atoms. The molecule has 0 fully saturated rings. The maximum absolute atomic E-state index is 5.87. The maximum Gasteiger partial charge on any atom is 0.229 e. The van der Waals surface area contributed by atoms with E-state index in [0.717, 1.165) is 32.7 Å². The SMILES string of the molecule is CC(C)c1ccnc(Nc2nc3c(s2)COC(C)c2[nH]ncc2-3)n1. The topological polar surface area (TPSA) is 88.6 Å². The average molecular weight is 342 g/mol. The van der Waals surface area contributed by atoms with E-state index in [-0.39, 0.29) is 6.10 Å². The summed E-state index contributed by atoms with van der Waals surface area (Å²) in [6.45, 7) is 6.76. The molecule has 124 valence electrons. The summed E-state index contributed by atoms with van der Waals surface area (Å²) in [6.07, 6.45) is 3.55. The van der Waals surface area contributed by atoms with Gasteiger partial charge in [-0.3, -0.25) is 5.10 Å². The van der Waals surface area contributed by atoms with E-state index in [9.17, 15) is 0 Å². The van der Waals surface area contributed by atoms with Crippen LogP contribution in [0.2, 0.25) is 0 Å². The van der Waals surface area contributed by atoms with E-state index in [1.165, 1.54) is 0 Å². The van der Waals surface area contributed by atoms with Crippen LogP contribution in [0.25, 0.3) is 11.3 Å². The molecule has 0 aliphatic carbocycles. The van der Waals surface area contributed by atoms with Crippen molar-refractivity contribution in [3.63, 3.8) is 0 Å². The average Bonchev–Trinajstić information content (AvgIpc) is 3.17. The Morgan fingerprint density at radius 3 is 3.08 bits per heavy atom. The first-order valence-corrected chi connectivity index (χ1v) is 8.68. The maximum atomic E-state index is 5.87. The van der Waals surface area contributed by atoms with Crippen molar-refractivity contribution in [1.29, 1.82) is 0 Å². The van der Waals surface area contributed by atoms with Crippen molar-refractivity contribution in [2.45, 2.75) is 39.4 Å². The number of thiazole rings is 1. The second-order valence-electron chi connectivity index (χ2n) is 6.03. The molecular formula is C16H18N6OS. The van der Waals surface area contributed by atoms with E-state index < -0.39 is 0 Å². The molecule has 7 nitrogen and oxygen atoms in total. The van der Waals surface area contributed by atoms with Gasteiger partial charge in [0.2, 0.25) is 5.95 Å². The molecule has 4 rings (SSSR count). The van der Waals surface area contributed by atoms with Gasteiger partial charge in [0, 0.05) is 17.5 Å². The Kier molecular flexibility index (Phi) is 3.78. The first-order chi connectivity index (χ1) is 11.6. The molecule has 1 atom stereocenters. The molecule has 2 N–H and O–H groups in total. The Morgan fingerprint density at radius 1 is 1.38 bits per heavy atom. The van der Waals surface area contributed by atoms with Crippen LogP contribution in [0, 0.1) is 0 Å². The molecule has 8 heteroatoms. The zero-order valence-electron chi connectivity index (χ0n) is 13.7. The Morgan fingerprint density at radius 2 is 2.25 bits per heavy atom. The van der Waals surface area contributed by atoms with Gasteiger partial charge in [0.05, 0.1) is 35.2 Å². The van der Waals surface area contributed by atoms with Crippen molar-refractivity contribution >= 4 is 22.4 Å². The Hall–Kier alpha value is -2.32. The van der Waals surface area contributed by atoms with Crippen LogP contribution < -0.4 is 5.32 Å². The van der Waals surface area contributed by atoms with Gasteiger partial charge in [-0.2, -0.15) is 5.10 Å². The molecule has 0 saturated heterocycles. The number of nitrogens with zero attached hydrogens (tertiary/aromatic N) is 4. The van der Waals surface area contributed by atoms with Crippen LogP contribution >= 0.6 is 11.3 Å². The summed E-state index contributed by atoms with van der Waals surface area (Å²) in [7, 11) is 0. The molecule has 0 aromatic carbocycles. The highest BCUT2D eigenvalue weighted by molar-refractivity contribution is 7.16. The van der Waals surface area contributed by atoms with Crippen molar-refractivity contribution < 1.29 is 4.74 Å². The van der Waals surface area contributed by atoms with Gasteiger partial charge in [-0.05, 0) is 18.9 Å². The molecule has 0 radical (unpaired) electrons. The van der Waals surface area contributed by atoms with Crippen LogP contribution in [-0.4, -0.2) is 25.1 Å². The first-order valence-electron chi connectivity index (χ1n) is 7.86. The van der Waals surface area contributed by atoms with Gasteiger partial charge in [-0.1, -0.05) is 25.2 Å². The normalized spacial score (nSPS) is 16.6. The molecule has 1 unspecified atom stereocenters. The minimum Gasteiger partial charge on any atom is -0.367 e. The minimum absolute atomic E-state index is 0.0219.